The Morgan fingerprint density at radius 1 is 0.905 bits per heavy atom. The van der Waals surface area contributed by atoms with Crippen molar-refractivity contribution in [3.63, 3.8) is 0 Å². The number of nitrogens with zero attached hydrogens (tertiary/aromatic N) is 1. The first kappa shape index (κ1) is 14.0. The Balaban J connectivity index is 1.61. The highest BCUT2D eigenvalue weighted by Crippen LogP contribution is 2.21. The maximum Gasteiger partial charge on any atom is 0.0400 e. The van der Waals surface area contributed by atoms with Crippen LogP contribution in [0.3, 0.4) is 0 Å². The second kappa shape index (κ2) is 6.21. The summed E-state index contributed by atoms with van der Waals surface area (Å²) in [7, 11) is 0. The Morgan fingerprint density at radius 3 is 2.29 bits per heavy atom. The van der Waals surface area contributed by atoms with Crippen LogP contribution < -0.4 is 10.2 Å². The summed E-state index contributed by atoms with van der Waals surface area (Å²) in [5, 5.41) is 3.50. The number of hydrogen-bond acceptors (Lipinski definition) is 2. The van der Waals surface area contributed by atoms with Crippen molar-refractivity contribution in [2.75, 3.05) is 23.3 Å². The fraction of sp³-hybridized carbons (Fsp3) is 0.368. The third-order valence-electron chi connectivity index (χ3n) is 4.41. The van der Waals surface area contributed by atoms with E-state index in [9.17, 15) is 0 Å². The van der Waals surface area contributed by atoms with Gasteiger partial charge in [-0.3, -0.25) is 0 Å². The van der Waals surface area contributed by atoms with E-state index in [1.807, 2.05) is 0 Å². The second-order valence-corrected chi connectivity index (χ2v) is 6.01. The van der Waals surface area contributed by atoms with E-state index >= 15 is 0 Å². The predicted octanol–water partition coefficient (Wildman–Crippen LogP) is 4.52. The molecule has 0 radical (unpaired) electrons. The van der Waals surface area contributed by atoms with Crippen LogP contribution in [0.25, 0.3) is 0 Å². The molecule has 3 rings (SSSR count). The summed E-state index contributed by atoms with van der Waals surface area (Å²) in [5.41, 5.74) is 6.57. The van der Waals surface area contributed by atoms with Gasteiger partial charge in [0.15, 0.2) is 0 Å². The maximum absolute atomic E-state index is 3.50. The fourth-order valence-corrected chi connectivity index (χ4v) is 2.86. The molecule has 0 spiro atoms. The van der Waals surface area contributed by atoms with Gasteiger partial charge in [0.05, 0.1) is 0 Å². The quantitative estimate of drug-likeness (QED) is 0.886. The highest BCUT2D eigenvalue weighted by molar-refractivity contribution is 5.51. The van der Waals surface area contributed by atoms with Crippen molar-refractivity contribution in [2.24, 2.45) is 0 Å². The highest BCUT2D eigenvalue weighted by Gasteiger charge is 2.11. The number of benzene rings is 2. The van der Waals surface area contributed by atoms with Gasteiger partial charge in [-0.05, 0) is 67.6 Å². The van der Waals surface area contributed by atoms with Crippen molar-refractivity contribution in [3.05, 3.63) is 59.2 Å². The largest absolute Gasteiger partial charge is 0.381 e. The minimum atomic E-state index is 0.878. The Hall–Kier alpha value is -1.96. The molecular weight excluding hydrogens is 256 g/mol. The zero-order valence-electron chi connectivity index (χ0n) is 13.0. The molecule has 0 aromatic heterocycles. The zero-order valence-corrected chi connectivity index (χ0v) is 13.0. The lowest BCUT2D eigenvalue weighted by molar-refractivity contribution is 0.949. The smallest absolute Gasteiger partial charge is 0.0400 e. The molecule has 0 saturated carbocycles. The van der Waals surface area contributed by atoms with Crippen molar-refractivity contribution in [1.82, 2.24) is 0 Å². The van der Waals surface area contributed by atoms with Crippen molar-refractivity contribution in [3.8, 4) is 0 Å². The standard InChI is InChI=1S/C19H24N2/c1-15-5-8-18(13-16(15)2)20-14-17-6-9-19(10-7-17)21-11-3-4-12-21/h5-10,13,20H,3-4,11-12,14H2,1-2H3. The molecule has 2 aromatic carbocycles. The summed E-state index contributed by atoms with van der Waals surface area (Å²) in [6.07, 6.45) is 2.66. The number of aryl methyl sites for hydroxylation is 2. The maximum atomic E-state index is 3.50. The van der Waals surface area contributed by atoms with Crippen LogP contribution in [0.15, 0.2) is 42.5 Å². The monoisotopic (exact) mass is 280 g/mol. The molecule has 110 valence electrons. The Morgan fingerprint density at radius 2 is 1.62 bits per heavy atom. The molecule has 0 unspecified atom stereocenters. The van der Waals surface area contributed by atoms with Crippen molar-refractivity contribution in [1.29, 1.82) is 0 Å². The second-order valence-electron chi connectivity index (χ2n) is 6.01. The van der Waals surface area contributed by atoms with Gasteiger partial charge in [-0.1, -0.05) is 18.2 Å². The minimum Gasteiger partial charge on any atom is -0.381 e. The number of anilines is 2. The lowest BCUT2D eigenvalue weighted by atomic mass is 10.1. The van der Waals surface area contributed by atoms with Gasteiger partial charge in [0.1, 0.15) is 0 Å². The summed E-state index contributed by atoms with van der Waals surface area (Å²) in [6, 6.07) is 15.5. The van der Waals surface area contributed by atoms with E-state index in [0.29, 0.717) is 0 Å². The number of hydrogen-bond donors (Lipinski definition) is 1. The topological polar surface area (TPSA) is 15.3 Å². The molecule has 0 amide bonds. The fourth-order valence-electron chi connectivity index (χ4n) is 2.86. The summed E-state index contributed by atoms with van der Waals surface area (Å²) >= 11 is 0. The summed E-state index contributed by atoms with van der Waals surface area (Å²) in [4.78, 5) is 2.47. The average molecular weight is 280 g/mol. The SMILES string of the molecule is Cc1ccc(NCc2ccc(N3CCCC3)cc2)cc1C. The van der Waals surface area contributed by atoms with Crippen molar-refractivity contribution >= 4 is 11.4 Å². The minimum absolute atomic E-state index is 0.878. The number of nitrogens with one attached hydrogen (secondary N) is 1. The van der Waals surface area contributed by atoms with Crippen LogP contribution in [0.1, 0.15) is 29.5 Å². The normalized spacial score (nSPS) is 14.5. The predicted molar refractivity (Wildman–Crippen MR) is 91.1 cm³/mol. The Kier molecular flexibility index (Phi) is 4.14. The molecule has 0 atom stereocenters. The van der Waals surface area contributed by atoms with Gasteiger partial charge in [-0.25, -0.2) is 0 Å². The third kappa shape index (κ3) is 3.38. The third-order valence-corrected chi connectivity index (χ3v) is 4.41. The van der Waals surface area contributed by atoms with E-state index in [-0.39, 0.29) is 0 Å². The average Bonchev–Trinajstić information content (AvgIpc) is 3.03. The summed E-state index contributed by atoms with van der Waals surface area (Å²) in [6.45, 7) is 7.60. The van der Waals surface area contributed by atoms with Crippen LogP contribution in [0.4, 0.5) is 11.4 Å². The molecular formula is C19H24N2. The van der Waals surface area contributed by atoms with E-state index in [0.717, 1.165) is 6.54 Å². The Labute approximate surface area is 127 Å². The zero-order chi connectivity index (χ0) is 14.7. The molecule has 1 aliphatic heterocycles. The molecule has 2 nitrogen and oxygen atoms in total. The van der Waals surface area contributed by atoms with E-state index in [1.54, 1.807) is 0 Å². The summed E-state index contributed by atoms with van der Waals surface area (Å²) < 4.78 is 0. The molecule has 1 saturated heterocycles. The lowest BCUT2D eigenvalue weighted by Gasteiger charge is -2.18. The van der Waals surface area contributed by atoms with Gasteiger partial charge in [-0.2, -0.15) is 0 Å². The molecule has 0 bridgehead atoms. The molecule has 0 aliphatic carbocycles. The molecule has 1 fully saturated rings. The molecule has 1 N–H and O–H groups in total. The molecule has 1 aliphatic rings. The van der Waals surface area contributed by atoms with Gasteiger partial charge >= 0.3 is 0 Å². The molecule has 21 heavy (non-hydrogen) atoms. The van der Waals surface area contributed by atoms with Crippen LogP contribution in [-0.4, -0.2) is 13.1 Å². The first-order valence-corrected chi connectivity index (χ1v) is 7.87. The first-order chi connectivity index (χ1) is 10.2. The van der Waals surface area contributed by atoms with Crippen LogP contribution in [-0.2, 0) is 6.54 Å². The first-order valence-electron chi connectivity index (χ1n) is 7.87. The van der Waals surface area contributed by atoms with E-state index in [4.69, 9.17) is 0 Å². The highest BCUT2D eigenvalue weighted by atomic mass is 15.1. The van der Waals surface area contributed by atoms with Gasteiger partial charge in [0.25, 0.3) is 0 Å². The van der Waals surface area contributed by atoms with Crippen LogP contribution in [0.2, 0.25) is 0 Å². The molecule has 1 heterocycles. The molecule has 2 aromatic rings. The van der Waals surface area contributed by atoms with Gasteiger partial charge < -0.3 is 10.2 Å². The Bertz CT molecular complexity index is 595. The van der Waals surface area contributed by atoms with Crippen LogP contribution in [0, 0.1) is 13.8 Å². The van der Waals surface area contributed by atoms with E-state index in [1.165, 1.54) is 54.0 Å². The van der Waals surface area contributed by atoms with E-state index < -0.39 is 0 Å². The number of rotatable bonds is 4. The molecule has 2 heteroatoms. The van der Waals surface area contributed by atoms with Crippen molar-refractivity contribution in [2.45, 2.75) is 33.2 Å². The van der Waals surface area contributed by atoms with Gasteiger partial charge in [-0.15, -0.1) is 0 Å². The lowest BCUT2D eigenvalue weighted by Crippen LogP contribution is -2.17. The summed E-state index contributed by atoms with van der Waals surface area (Å²) in [5.74, 6) is 0. The van der Waals surface area contributed by atoms with Crippen LogP contribution in [0.5, 0.6) is 0 Å². The van der Waals surface area contributed by atoms with E-state index in [2.05, 4.69) is 66.5 Å². The van der Waals surface area contributed by atoms with Crippen LogP contribution >= 0.6 is 0 Å². The van der Waals surface area contributed by atoms with Crippen molar-refractivity contribution < 1.29 is 0 Å². The van der Waals surface area contributed by atoms with Gasteiger partial charge in [0, 0.05) is 31.0 Å². The van der Waals surface area contributed by atoms with Gasteiger partial charge in [0.2, 0.25) is 0 Å².